The van der Waals surface area contributed by atoms with Gasteiger partial charge in [0.25, 0.3) is 0 Å². The molecule has 4 heteroatoms. The lowest BCUT2D eigenvalue weighted by Crippen LogP contribution is -2.04. The van der Waals surface area contributed by atoms with E-state index in [-0.39, 0.29) is 5.56 Å². The van der Waals surface area contributed by atoms with Gasteiger partial charge in [0, 0.05) is 5.02 Å². The van der Waals surface area contributed by atoms with Crippen molar-refractivity contribution in [1.82, 2.24) is 0 Å². The van der Waals surface area contributed by atoms with E-state index in [4.69, 9.17) is 21.4 Å². The second kappa shape index (κ2) is 7.98. The number of hydrogen-bond donors (Lipinski definition) is 1. The third-order valence-corrected chi connectivity index (χ3v) is 2.91. The van der Waals surface area contributed by atoms with Crippen LogP contribution in [0, 0.1) is 0 Å². The van der Waals surface area contributed by atoms with Crippen LogP contribution in [0.15, 0.2) is 18.2 Å². The molecule has 0 amide bonds. The molecule has 0 saturated heterocycles. The van der Waals surface area contributed by atoms with Crippen LogP contribution in [-0.2, 0) is 0 Å². The molecule has 0 aliphatic rings. The Balaban J connectivity index is 2.44. The Hall–Kier alpha value is -1.22. The Morgan fingerprint density at radius 3 is 2.67 bits per heavy atom. The van der Waals surface area contributed by atoms with Crippen molar-refractivity contribution in [1.29, 1.82) is 0 Å². The minimum atomic E-state index is -1.02. The summed E-state index contributed by atoms with van der Waals surface area (Å²) in [4.78, 5) is 11.0. The molecule has 0 bridgehead atoms. The number of rotatable bonds is 8. The van der Waals surface area contributed by atoms with E-state index < -0.39 is 5.97 Å². The molecule has 0 heterocycles. The van der Waals surface area contributed by atoms with Gasteiger partial charge in [0.05, 0.1) is 6.61 Å². The summed E-state index contributed by atoms with van der Waals surface area (Å²) >= 11 is 5.76. The van der Waals surface area contributed by atoms with Crippen molar-refractivity contribution in [3.8, 4) is 5.75 Å². The largest absolute Gasteiger partial charge is 0.493 e. The molecule has 0 atom stereocenters. The first-order valence-corrected chi connectivity index (χ1v) is 6.68. The van der Waals surface area contributed by atoms with E-state index in [1.54, 1.807) is 12.1 Å². The van der Waals surface area contributed by atoms with E-state index in [0.717, 1.165) is 12.8 Å². The zero-order valence-electron chi connectivity index (χ0n) is 10.6. The van der Waals surface area contributed by atoms with Crippen molar-refractivity contribution in [3.63, 3.8) is 0 Å². The minimum Gasteiger partial charge on any atom is -0.493 e. The van der Waals surface area contributed by atoms with Crippen molar-refractivity contribution in [2.45, 2.75) is 39.0 Å². The fraction of sp³-hybridized carbons (Fsp3) is 0.500. The van der Waals surface area contributed by atoms with Crippen molar-refractivity contribution in [3.05, 3.63) is 28.8 Å². The van der Waals surface area contributed by atoms with Gasteiger partial charge in [0.1, 0.15) is 11.3 Å². The normalized spacial score (nSPS) is 10.3. The quantitative estimate of drug-likeness (QED) is 0.713. The molecular weight excluding hydrogens is 252 g/mol. The molecule has 1 aromatic carbocycles. The van der Waals surface area contributed by atoms with Crippen LogP contribution >= 0.6 is 11.6 Å². The van der Waals surface area contributed by atoms with Gasteiger partial charge >= 0.3 is 5.97 Å². The van der Waals surface area contributed by atoms with Gasteiger partial charge in [-0.2, -0.15) is 0 Å². The van der Waals surface area contributed by atoms with Crippen molar-refractivity contribution >= 4 is 17.6 Å². The molecule has 0 aromatic heterocycles. The molecule has 0 spiro atoms. The lowest BCUT2D eigenvalue weighted by molar-refractivity contribution is 0.0692. The van der Waals surface area contributed by atoms with Gasteiger partial charge in [0.15, 0.2) is 0 Å². The van der Waals surface area contributed by atoms with Gasteiger partial charge in [-0.05, 0) is 24.6 Å². The van der Waals surface area contributed by atoms with E-state index in [1.807, 2.05) is 0 Å². The fourth-order valence-corrected chi connectivity index (χ4v) is 1.86. The summed E-state index contributed by atoms with van der Waals surface area (Å²) in [6, 6.07) is 4.66. The van der Waals surface area contributed by atoms with Crippen molar-refractivity contribution < 1.29 is 14.6 Å². The Bertz CT molecular complexity index is 391. The standard InChI is InChI=1S/C14H19ClO3/c1-2-3-4-5-6-9-18-13-8-7-11(15)10-12(13)14(16)17/h7-8,10H,2-6,9H2,1H3,(H,16,17). The maximum atomic E-state index is 11.0. The molecule has 1 aromatic rings. The summed E-state index contributed by atoms with van der Waals surface area (Å²) in [5, 5.41) is 9.43. The molecule has 0 unspecified atom stereocenters. The summed E-state index contributed by atoms with van der Waals surface area (Å²) in [5.41, 5.74) is 0.121. The number of ether oxygens (including phenoxy) is 1. The van der Waals surface area contributed by atoms with Gasteiger partial charge in [-0.3, -0.25) is 0 Å². The highest BCUT2D eigenvalue weighted by atomic mass is 35.5. The fourth-order valence-electron chi connectivity index (χ4n) is 1.68. The number of unbranched alkanes of at least 4 members (excludes halogenated alkanes) is 4. The number of carboxylic acids is 1. The van der Waals surface area contributed by atoms with Crippen LogP contribution in [0.5, 0.6) is 5.75 Å². The van der Waals surface area contributed by atoms with E-state index >= 15 is 0 Å². The van der Waals surface area contributed by atoms with Gasteiger partial charge < -0.3 is 9.84 Å². The maximum absolute atomic E-state index is 11.0. The first-order chi connectivity index (χ1) is 8.65. The molecule has 1 rings (SSSR count). The zero-order chi connectivity index (χ0) is 13.4. The van der Waals surface area contributed by atoms with Crippen LogP contribution in [0.1, 0.15) is 49.4 Å². The number of benzene rings is 1. The van der Waals surface area contributed by atoms with Crippen LogP contribution in [0.2, 0.25) is 5.02 Å². The summed E-state index contributed by atoms with van der Waals surface area (Å²) in [7, 11) is 0. The molecule has 1 N–H and O–H groups in total. The highest BCUT2D eigenvalue weighted by molar-refractivity contribution is 6.31. The number of hydrogen-bond acceptors (Lipinski definition) is 2. The lowest BCUT2D eigenvalue weighted by atomic mass is 10.1. The smallest absolute Gasteiger partial charge is 0.339 e. The summed E-state index contributed by atoms with van der Waals surface area (Å²) in [6.07, 6.45) is 5.71. The highest BCUT2D eigenvalue weighted by Crippen LogP contribution is 2.23. The predicted octanol–water partition coefficient (Wildman–Crippen LogP) is 4.39. The molecule has 0 fully saturated rings. The van der Waals surface area contributed by atoms with Gasteiger partial charge in [0.2, 0.25) is 0 Å². The Morgan fingerprint density at radius 2 is 2.00 bits per heavy atom. The summed E-state index contributed by atoms with van der Waals surface area (Å²) < 4.78 is 5.49. The zero-order valence-corrected chi connectivity index (χ0v) is 11.4. The Kier molecular flexibility index (Phi) is 6.58. The van der Waals surface area contributed by atoms with E-state index in [9.17, 15) is 4.79 Å². The number of carboxylic acid groups (broad SMARTS) is 1. The number of carbonyl (C=O) groups is 1. The first kappa shape index (κ1) is 14.8. The van der Waals surface area contributed by atoms with Crippen LogP contribution in [0.3, 0.4) is 0 Å². The van der Waals surface area contributed by atoms with Crippen molar-refractivity contribution in [2.75, 3.05) is 6.61 Å². The van der Waals surface area contributed by atoms with Crippen molar-refractivity contribution in [2.24, 2.45) is 0 Å². The summed E-state index contributed by atoms with van der Waals surface area (Å²) in [6.45, 7) is 2.72. The number of aromatic carboxylic acids is 1. The molecule has 100 valence electrons. The third kappa shape index (κ3) is 4.96. The number of halogens is 1. The predicted molar refractivity (Wildman–Crippen MR) is 72.7 cm³/mol. The van der Waals surface area contributed by atoms with Gasteiger partial charge in [-0.1, -0.05) is 44.2 Å². The molecule has 0 radical (unpaired) electrons. The van der Waals surface area contributed by atoms with Crippen LogP contribution in [0.4, 0.5) is 0 Å². The van der Waals surface area contributed by atoms with E-state index in [2.05, 4.69) is 6.92 Å². The SMILES string of the molecule is CCCCCCCOc1ccc(Cl)cc1C(=O)O. The van der Waals surface area contributed by atoms with E-state index in [0.29, 0.717) is 17.4 Å². The van der Waals surface area contributed by atoms with E-state index in [1.165, 1.54) is 25.3 Å². The monoisotopic (exact) mass is 270 g/mol. The maximum Gasteiger partial charge on any atom is 0.339 e. The second-order valence-corrected chi connectivity index (χ2v) is 4.64. The highest BCUT2D eigenvalue weighted by Gasteiger charge is 2.11. The molecule has 0 saturated carbocycles. The third-order valence-electron chi connectivity index (χ3n) is 2.68. The van der Waals surface area contributed by atoms with Crippen LogP contribution in [-0.4, -0.2) is 17.7 Å². The molecule has 0 aliphatic heterocycles. The Labute approximate surface area is 113 Å². The van der Waals surface area contributed by atoms with Gasteiger partial charge in [-0.15, -0.1) is 0 Å². The Morgan fingerprint density at radius 1 is 1.28 bits per heavy atom. The first-order valence-electron chi connectivity index (χ1n) is 6.30. The topological polar surface area (TPSA) is 46.5 Å². The van der Waals surface area contributed by atoms with Gasteiger partial charge in [-0.25, -0.2) is 4.79 Å². The summed E-state index contributed by atoms with van der Waals surface area (Å²) in [5.74, 6) is -0.624. The lowest BCUT2D eigenvalue weighted by Gasteiger charge is -2.09. The average Bonchev–Trinajstić information content (AvgIpc) is 2.35. The van der Waals surface area contributed by atoms with Crippen LogP contribution in [0.25, 0.3) is 0 Å². The molecule has 3 nitrogen and oxygen atoms in total. The minimum absolute atomic E-state index is 0.121. The average molecular weight is 271 g/mol. The second-order valence-electron chi connectivity index (χ2n) is 4.21. The molecule has 18 heavy (non-hydrogen) atoms. The van der Waals surface area contributed by atoms with Crippen LogP contribution < -0.4 is 4.74 Å². The molecule has 0 aliphatic carbocycles. The molecular formula is C14H19ClO3.